The summed E-state index contributed by atoms with van der Waals surface area (Å²) in [5.74, 6) is -2.21. The Bertz CT molecular complexity index is 1300. The number of imide groups is 1. The van der Waals surface area contributed by atoms with Gasteiger partial charge in [-0.15, -0.1) is 0 Å². The largest absolute Gasteiger partial charge is 0.450 e. The van der Waals surface area contributed by atoms with Gasteiger partial charge in [0.15, 0.2) is 6.10 Å². The van der Waals surface area contributed by atoms with Crippen molar-refractivity contribution in [1.82, 2.24) is 4.90 Å². The van der Waals surface area contributed by atoms with E-state index in [1.54, 1.807) is 29.2 Å². The predicted octanol–water partition coefficient (Wildman–Crippen LogP) is 3.88. The summed E-state index contributed by atoms with van der Waals surface area (Å²) in [7, 11) is 0. The van der Waals surface area contributed by atoms with Crippen LogP contribution in [0, 0.1) is 5.41 Å². The quantitative estimate of drug-likeness (QED) is 0.393. The standard InChI is InChI=1S/C29H26N2O5/c1-29(2)18-30(20-13-7-4-8-14-20)27(34)24(29)36-28(35)23(17-19-11-5-3-6-12-19)31-25(32)21-15-9-10-16-22(21)26(31)33/h3-16,23-24H,17-18H2,1-2H3/t23-,24+/m0/s1. The molecule has 2 aliphatic heterocycles. The second-order valence-electron chi connectivity index (χ2n) is 9.80. The van der Waals surface area contributed by atoms with Crippen molar-refractivity contribution in [2.45, 2.75) is 32.4 Å². The molecular weight excluding hydrogens is 456 g/mol. The maximum Gasteiger partial charge on any atom is 0.330 e. The first-order valence-electron chi connectivity index (χ1n) is 11.9. The molecule has 1 fully saturated rings. The first-order valence-corrected chi connectivity index (χ1v) is 11.9. The van der Waals surface area contributed by atoms with Crippen LogP contribution >= 0.6 is 0 Å². The molecule has 7 nitrogen and oxygen atoms in total. The average molecular weight is 483 g/mol. The number of nitrogens with zero attached hydrogens (tertiary/aromatic N) is 2. The molecule has 5 rings (SSSR count). The fourth-order valence-electron chi connectivity index (χ4n) is 4.88. The van der Waals surface area contributed by atoms with E-state index in [9.17, 15) is 19.2 Å². The highest BCUT2D eigenvalue weighted by Crippen LogP contribution is 2.37. The van der Waals surface area contributed by atoms with E-state index in [4.69, 9.17) is 4.74 Å². The number of hydrogen-bond acceptors (Lipinski definition) is 5. The summed E-state index contributed by atoms with van der Waals surface area (Å²) >= 11 is 0. The van der Waals surface area contributed by atoms with Crippen LogP contribution in [0.25, 0.3) is 0 Å². The van der Waals surface area contributed by atoms with Gasteiger partial charge in [0, 0.05) is 24.1 Å². The van der Waals surface area contributed by atoms with Crippen LogP contribution in [0.15, 0.2) is 84.9 Å². The summed E-state index contributed by atoms with van der Waals surface area (Å²) in [6.45, 7) is 4.09. The average Bonchev–Trinajstić information content (AvgIpc) is 3.27. The number of amides is 3. The van der Waals surface area contributed by atoms with Gasteiger partial charge in [-0.1, -0.05) is 74.5 Å². The predicted molar refractivity (Wildman–Crippen MR) is 133 cm³/mol. The summed E-state index contributed by atoms with van der Waals surface area (Å²) in [5.41, 5.74) is 1.30. The van der Waals surface area contributed by atoms with Crippen molar-refractivity contribution in [3.63, 3.8) is 0 Å². The SMILES string of the molecule is CC1(C)CN(c2ccccc2)C(=O)[C@H]1OC(=O)[C@H](Cc1ccccc1)N1C(=O)c2ccccc2C1=O. The lowest BCUT2D eigenvalue weighted by Gasteiger charge is -2.29. The lowest BCUT2D eigenvalue weighted by atomic mass is 9.89. The van der Waals surface area contributed by atoms with E-state index in [1.165, 1.54) is 0 Å². The summed E-state index contributed by atoms with van der Waals surface area (Å²) in [5, 5.41) is 0. The molecule has 0 unspecified atom stereocenters. The smallest absolute Gasteiger partial charge is 0.330 e. The Balaban J connectivity index is 1.45. The zero-order valence-corrected chi connectivity index (χ0v) is 20.1. The number of carbonyl (C=O) groups excluding carboxylic acids is 4. The summed E-state index contributed by atoms with van der Waals surface area (Å²) in [6, 6.07) is 23.6. The normalized spacial score (nSPS) is 19.4. The lowest BCUT2D eigenvalue weighted by Crippen LogP contribution is -2.49. The molecule has 0 bridgehead atoms. The van der Waals surface area contributed by atoms with Gasteiger partial charge < -0.3 is 9.64 Å². The second-order valence-corrected chi connectivity index (χ2v) is 9.80. The zero-order chi connectivity index (χ0) is 25.4. The molecule has 0 aliphatic carbocycles. The van der Waals surface area contributed by atoms with E-state index in [0.717, 1.165) is 16.2 Å². The van der Waals surface area contributed by atoms with Gasteiger partial charge in [0.2, 0.25) is 0 Å². The van der Waals surface area contributed by atoms with Gasteiger partial charge in [-0.25, -0.2) is 4.79 Å². The fourth-order valence-corrected chi connectivity index (χ4v) is 4.88. The minimum atomic E-state index is -1.21. The van der Waals surface area contributed by atoms with Crippen LogP contribution in [0.4, 0.5) is 5.69 Å². The van der Waals surface area contributed by atoms with Gasteiger partial charge in [0.1, 0.15) is 6.04 Å². The summed E-state index contributed by atoms with van der Waals surface area (Å²) in [6.07, 6.45) is -0.979. The monoisotopic (exact) mass is 482 g/mol. The molecule has 1 saturated heterocycles. The molecule has 0 saturated carbocycles. The fraction of sp³-hybridized carbons (Fsp3) is 0.241. The Labute approximate surface area is 209 Å². The Kier molecular flexibility index (Phi) is 5.92. The highest BCUT2D eigenvalue weighted by molar-refractivity contribution is 6.22. The molecule has 3 aromatic carbocycles. The van der Waals surface area contributed by atoms with Gasteiger partial charge in [0.05, 0.1) is 11.1 Å². The maximum absolute atomic E-state index is 13.7. The molecule has 0 aromatic heterocycles. The number of carbonyl (C=O) groups is 4. The van der Waals surface area contributed by atoms with Crippen molar-refractivity contribution in [3.8, 4) is 0 Å². The summed E-state index contributed by atoms with van der Waals surface area (Å²) < 4.78 is 5.86. The number of anilines is 1. The number of ether oxygens (including phenoxy) is 1. The molecule has 0 spiro atoms. The van der Waals surface area contributed by atoms with Crippen molar-refractivity contribution >= 4 is 29.4 Å². The molecule has 36 heavy (non-hydrogen) atoms. The van der Waals surface area contributed by atoms with Gasteiger partial charge in [-0.2, -0.15) is 0 Å². The topological polar surface area (TPSA) is 84.0 Å². The molecule has 182 valence electrons. The molecule has 2 heterocycles. The van der Waals surface area contributed by atoms with Crippen LogP contribution in [-0.4, -0.2) is 47.3 Å². The Morgan fingerprint density at radius 3 is 1.97 bits per heavy atom. The lowest BCUT2D eigenvalue weighted by molar-refractivity contribution is -0.162. The van der Waals surface area contributed by atoms with E-state index in [-0.39, 0.29) is 23.5 Å². The summed E-state index contributed by atoms with van der Waals surface area (Å²) in [4.78, 5) is 56.1. The second kappa shape index (κ2) is 9.07. The van der Waals surface area contributed by atoms with Crippen LogP contribution in [0.5, 0.6) is 0 Å². The third-order valence-electron chi connectivity index (χ3n) is 6.75. The Morgan fingerprint density at radius 2 is 1.39 bits per heavy atom. The van der Waals surface area contributed by atoms with E-state index in [1.807, 2.05) is 74.5 Å². The molecule has 0 N–H and O–H groups in total. The molecular formula is C29H26N2O5. The third-order valence-corrected chi connectivity index (χ3v) is 6.75. The minimum Gasteiger partial charge on any atom is -0.450 e. The van der Waals surface area contributed by atoms with Gasteiger partial charge in [-0.3, -0.25) is 19.3 Å². The minimum absolute atomic E-state index is 0.0783. The van der Waals surface area contributed by atoms with E-state index < -0.39 is 35.3 Å². The van der Waals surface area contributed by atoms with Crippen LogP contribution in [0.1, 0.15) is 40.1 Å². The number of esters is 1. The number of hydrogen-bond donors (Lipinski definition) is 0. The highest BCUT2D eigenvalue weighted by Gasteiger charge is 2.51. The zero-order valence-electron chi connectivity index (χ0n) is 20.1. The van der Waals surface area contributed by atoms with E-state index in [0.29, 0.717) is 6.54 Å². The van der Waals surface area contributed by atoms with Crippen LogP contribution in [0.2, 0.25) is 0 Å². The van der Waals surface area contributed by atoms with Crippen LogP contribution < -0.4 is 4.90 Å². The van der Waals surface area contributed by atoms with E-state index in [2.05, 4.69) is 0 Å². The Hall–Kier alpha value is -4.26. The number of rotatable bonds is 6. The van der Waals surface area contributed by atoms with Crippen LogP contribution in [0.3, 0.4) is 0 Å². The number of fused-ring (bicyclic) bond motifs is 1. The molecule has 3 aromatic rings. The molecule has 3 amide bonds. The van der Waals surface area contributed by atoms with Crippen LogP contribution in [-0.2, 0) is 20.7 Å². The molecule has 7 heteroatoms. The third kappa shape index (κ3) is 4.06. The highest BCUT2D eigenvalue weighted by atomic mass is 16.6. The Morgan fingerprint density at radius 1 is 0.861 bits per heavy atom. The van der Waals surface area contributed by atoms with Crippen molar-refractivity contribution in [1.29, 1.82) is 0 Å². The number of benzene rings is 3. The van der Waals surface area contributed by atoms with Crippen molar-refractivity contribution in [3.05, 3.63) is 102 Å². The van der Waals surface area contributed by atoms with Crippen molar-refractivity contribution in [2.75, 3.05) is 11.4 Å². The van der Waals surface area contributed by atoms with Gasteiger partial charge in [0.25, 0.3) is 17.7 Å². The maximum atomic E-state index is 13.7. The number of para-hydroxylation sites is 1. The van der Waals surface area contributed by atoms with E-state index >= 15 is 0 Å². The van der Waals surface area contributed by atoms with Gasteiger partial charge >= 0.3 is 5.97 Å². The molecule has 2 atom stereocenters. The van der Waals surface area contributed by atoms with Crippen molar-refractivity contribution < 1.29 is 23.9 Å². The molecule has 2 aliphatic rings. The first-order chi connectivity index (χ1) is 17.3. The van der Waals surface area contributed by atoms with Gasteiger partial charge in [-0.05, 0) is 29.8 Å². The first kappa shape index (κ1) is 23.5. The van der Waals surface area contributed by atoms with Crippen molar-refractivity contribution in [2.24, 2.45) is 5.41 Å². The molecule has 0 radical (unpaired) electrons.